The lowest BCUT2D eigenvalue weighted by Crippen LogP contribution is -2.25. The third-order valence-corrected chi connectivity index (χ3v) is 2.67. The summed E-state index contributed by atoms with van der Waals surface area (Å²) in [6, 6.07) is 4.27. The van der Waals surface area contributed by atoms with Gasteiger partial charge < -0.3 is 10.2 Å². The number of furan rings is 1. The molecule has 2 N–H and O–H groups in total. The molecule has 2 heteroatoms. The summed E-state index contributed by atoms with van der Waals surface area (Å²) in [5.74, 6) is 1.68. The molecule has 1 fully saturated rings. The van der Waals surface area contributed by atoms with Gasteiger partial charge >= 0.3 is 0 Å². The SMILES string of the molecule is NC1CCC(c2cc[c]o2)CC1. The van der Waals surface area contributed by atoms with E-state index in [1.54, 1.807) is 0 Å². The molecule has 0 aromatic carbocycles. The molecule has 2 rings (SSSR count). The first-order valence-electron chi connectivity index (χ1n) is 4.57. The fourth-order valence-corrected chi connectivity index (χ4v) is 1.88. The first-order valence-corrected chi connectivity index (χ1v) is 4.57. The average Bonchev–Trinajstić information content (AvgIpc) is 2.58. The fourth-order valence-electron chi connectivity index (χ4n) is 1.88. The molecule has 65 valence electrons. The van der Waals surface area contributed by atoms with Crippen molar-refractivity contribution in [3.8, 4) is 0 Å². The van der Waals surface area contributed by atoms with Gasteiger partial charge in [0.25, 0.3) is 0 Å². The van der Waals surface area contributed by atoms with Crippen molar-refractivity contribution in [1.29, 1.82) is 0 Å². The smallest absolute Gasteiger partial charge is 0.169 e. The molecule has 1 radical (unpaired) electrons. The van der Waals surface area contributed by atoms with Gasteiger partial charge in [-0.25, -0.2) is 0 Å². The minimum atomic E-state index is 0.417. The molecule has 1 heterocycles. The van der Waals surface area contributed by atoms with Crippen LogP contribution in [0.2, 0.25) is 0 Å². The number of hydrogen-bond donors (Lipinski definition) is 1. The third kappa shape index (κ3) is 1.53. The molecule has 0 bridgehead atoms. The Morgan fingerprint density at radius 3 is 2.67 bits per heavy atom. The Hall–Kier alpha value is -0.760. The van der Waals surface area contributed by atoms with Crippen LogP contribution < -0.4 is 5.73 Å². The van der Waals surface area contributed by atoms with Crippen molar-refractivity contribution in [1.82, 2.24) is 0 Å². The maximum absolute atomic E-state index is 5.81. The Bertz CT molecular complexity index is 222. The second-order valence-electron chi connectivity index (χ2n) is 3.57. The van der Waals surface area contributed by atoms with E-state index in [0.29, 0.717) is 12.0 Å². The summed E-state index contributed by atoms with van der Waals surface area (Å²) in [4.78, 5) is 0. The van der Waals surface area contributed by atoms with Gasteiger partial charge in [0.05, 0.1) is 0 Å². The van der Waals surface area contributed by atoms with Crippen LogP contribution in [-0.4, -0.2) is 6.04 Å². The molecule has 0 amide bonds. The summed E-state index contributed by atoms with van der Waals surface area (Å²) in [5, 5.41) is 0. The van der Waals surface area contributed by atoms with Crippen LogP contribution in [-0.2, 0) is 0 Å². The molecule has 0 saturated heterocycles. The normalized spacial score (nSPS) is 30.4. The van der Waals surface area contributed by atoms with Gasteiger partial charge in [-0.1, -0.05) is 0 Å². The van der Waals surface area contributed by atoms with Gasteiger partial charge in [-0.3, -0.25) is 0 Å². The van der Waals surface area contributed by atoms with E-state index in [1.807, 2.05) is 12.1 Å². The van der Waals surface area contributed by atoms with Crippen LogP contribution in [0.4, 0.5) is 0 Å². The van der Waals surface area contributed by atoms with Crippen LogP contribution >= 0.6 is 0 Å². The molecule has 12 heavy (non-hydrogen) atoms. The van der Waals surface area contributed by atoms with E-state index in [1.165, 1.54) is 12.8 Å². The van der Waals surface area contributed by atoms with Crippen molar-refractivity contribution in [2.24, 2.45) is 5.73 Å². The molecule has 1 aliphatic rings. The lowest BCUT2D eigenvalue weighted by Gasteiger charge is -2.24. The maximum atomic E-state index is 5.81. The van der Waals surface area contributed by atoms with Crippen molar-refractivity contribution in [2.45, 2.75) is 37.6 Å². The quantitative estimate of drug-likeness (QED) is 0.690. The van der Waals surface area contributed by atoms with E-state index >= 15 is 0 Å². The molecule has 2 nitrogen and oxygen atoms in total. The van der Waals surface area contributed by atoms with Gasteiger partial charge in [0.15, 0.2) is 6.26 Å². The topological polar surface area (TPSA) is 39.2 Å². The van der Waals surface area contributed by atoms with Crippen LogP contribution in [0, 0.1) is 6.26 Å². The number of hydrogen-bond acceptors (Lipinski definition) is 2. The summed E-state index contributed by atoms with van der Waals surface area (Å²) in [5.41, 5.74) is 5.81. The van der Waals surface area contributed by atoms with Crippen LogP contribution in [0.5, 0.6) is 0 Å². The zero-order chi connectivity index (χ0) is 8.39. The molecule has 1 saturated carbocycles. The molecule has 1 aromatic heterocycles. The van der Waals surface area contributed by atoms with E-state index in [2.05, 4.69) is 6.26 Å². The molecule has 0 spiro atoms. The van der Waals surface area contributed by atoms with E-state index in [-0.39, 0.29) is 0 Å². The van der Waals surface area contributed by atoms with Gasteiger partial charge in [0.2, 0.25) is 0 Å². The van der Waals surface area contributed by atoms with Crippen molar-refractivity contribution >= 4 is 0 Å². The minimum Gasteiger partial charge on any atom is -0.458 e. The molecule has 0 unspecified atom stereocenters. The molecular weight excluding hydrogens is 150 g/mol. The fraction of sp³-hybridized carbons (Fsp3) is 0.600. The predicted octanol–water partition coefficient (Wildman–Crippen LogP) is 2.06. The van der Waals surface area contributed by atoms with Crippen LogP contribution in [0.3, 0.4) is 0 Å². The van der Waals surface area contributed by atoms with Gasteiger partial charge in [-0.05, 0) is 37.8 Å². The van der Waals surface area contributed by atoms with Crippen LogP contribution in [0.25, 0.3) is 0 Å². The van der Waals surface area contributed by atoms with E-state index in [0.717, 1.165) is 18.6 Å². The lowest BCUT2D eigenvalue weighted by atomic mass is 9.85. The van der Waals surface area contributed by atoms with Crippen molar-refractivity contribution in [3.05, 3.63) is 24.2 Å². The highest BCUT2D eigenvalue weighted by atomic mass is 16.3. The highest BCUT2D eigenvalue weighted by Crippen LogP contribution is 2.31. The monoisotopic (exact) mass is 164 g/mol. The Balaban J connectivity index is 1.99. The Kier molecular flexibility index (Phi) is 2.17. The molecule has 0 atom stereocenters. The zero-order valence-electron chi connectivity index (χ0n) is 7.12. The van der Waals surface area contributed by atoms with E-state index < -0.39 is 0 Å². The predicted molar refractivity (Wildman–Crippen MR) is 46.7 cm³/mol. The number of nitrogens with two attached hydrogens (primary N) is 1. The minimum absolute atomic E-state index is 0.417. The van der Waals surface area contributed by atoms with Gasteiger partial charge in [-0.2, -0.15) is 0 Å². The highest BCUT2D eigenvalue weighted by molar-refractivity contribution is 5.05. The van der Waals surface area contributed by atoms with E-state index in [4.69, 9.17) is 10.2 Å². The average molecular weight is 164 g/mol. The summed E-state index contributed by atoms with van der Waals surface area (Å²) in [7, 11) is 0. The van der Waals surface area contributed by atoms with Gasteiger partial charge in [-0.15, -0.1) is 0 Å². The largest absolute Gasteiger partial charge is 0.458 e. The van der Waals surface area contributed by atoms with Crippen LogP contribution in [0.1, 0.15) is 37.4 Å². The van der Waals surface area contributed by atoms with Gasteiger partial charge in [0, 0.05) is 12.0 Å². The second-order valence-corrected chi connectivity index (χ2v) is 3.57. The van der Waals surface area contributed by atoms with Crippen LogP contribution in [0.15, 0.2) is 16.5 Å². The second kappa shape index (κ2) is 3.31. The summed E-state index contributed by atoms with van der Waals surface area (Å²) >= 11 is 0. The van der Waals surface area contributed by atoms with E-state index in [9.17, 15) is 0 Å². The maximum Gasteiger partial charge on any atom is 0.169 e. The zero-order valence-corrected chi connectivity index (χ0v) is 7.12. The van der Waals surface area contributed by atoms with Gasteiger partial charge in [0.1, 0.15) is 5.76 Å². The summed E-state index contributed by atoms with van der Waals surface area (Å²) < 4.78 is 5.24. The standard InChI is InChI=1S/C10H14NO/c11-9-5-3-8(4-6-9)10-2-1-7-12-10/h1-2,8-9H,3-6,11H2. The summed E-state index contributed by atoms with van der Waals surface area (Å²) in [6.07, 6.45) is 7.33. The lowest BCUT2D eigenvalue weighted by molar-refractivity contribution is 0.346. The Morgan fingerprint density at radius 2 is 2.08 bits per heavy atom. The molecule has 1 aliphatic carbocycles. The first kappa shape index (κ1) is 7.87. The van der Waals surface area contributed by atoms with Crippen molar-refractivity contribution < 1.29 is 4.42 Å². The molecule has 1 aromatic rings. The third-order valence-electron chi connectivity index (χ3n) is 2.67. The molecule has 0 aliphatic heterocycles. The van der Waals surface area contributed by atoms with Crippen molar-refractivity contribution in [2.75, 3.05) is 0 Å². The first-order chi connectivity index (χ1) is 5.86. The Labute approximate surface area is 72.7 Å². The molecular formula is C10H14NO. The highest BCUT2D eigenvalue weighted by Gasteiger charge is 2.21. The summed E-state index contributed by atoms with van der Waals surface area (Å²) in [6.45, 7) is 0. The number of rotatable bonds is 1. The van der Waals surface area contributed by atoms with Crippen molar-refractivity contribution in [3.63, 3.8) is 0 Å². The Morgan fingerprint density at radius 1 is 1.33 bits per heavy atom.